The van der Waals surface area contributed by atoms with Gasteiger partial charge in [0.05, 0.1) is 17.1 Å². The second-order valence-electron chi connectivity index (χ2n) is 4.59. The number of benzene rings is 1. The summed E-state index contributed by atoms with van der Waals surface area (Å²) < 4.78 is 1.55. The van der Waals surface area contributed by atoms with Gasteiger partial charge in [0.1, 0.15) is 5.52 Å². The third kappa shape index (κ3) is 2.08. The van der Waals surface area contributed by atoms with E-state index in [1.165, 1.54) is 6.07 Å². The van der Waals surface area contributed by atoms with E-state index in [1.807, 2.05) is 13.8 Å². The Hall–Kier alpha value is -2.20. The van der Waals surface area contributed by atoms with E-state index in [9.17, 15) is 4.79 Å². The molecule has 0 aliphatic heterocycles. The standard InChI is InChI=1S/C15H12ClN3O/c1-9-10(2)18-15-13(17-9)7-8-14(20)19(15)12-5-3-11(16)4-6-12/h3-8H,1-2H3. The monoisotopic (exact) mass is 285 g/mol. The van der Waals surface area contributed by atoms with Crippen LogP contribution in [0, 0.1) is 13.8 Å². The van der Waals surface area contributed by atoms with E-state index >= 15 is 0 Å². The lowest BCUT2D eigenvalue weighted by Gasteiger charge is -2.10. The van der Waals surface area contributed by atoms with Crippen molar-refractivity contribution < 1.29 is 0 Å². The first-order chi connectivity index (χ1) is 9.56. The minimum atomic E-state index is -0.141. The van der Waals surface area contributed by atoms with Gasteiger partial charge in [0.25, 0.3) is 5.56 Å². The van der Waals surface area contributed by atoms with Gasteiger partial charge < -0.3 is 0 Å². The van der Waals surface area contributed by atoms with Gasteiger partial charge in [0.15, 0.2) is 5.65 Å². The third-order valence-electron chi connectivity index (χ3n) is 3.22. The van der Waals surface area contributed by atoms with E-state index in [0.717, 1.165) is 17.1 Å². The van der Waals surface area contributed by atoms with Crippen LogP contribution in [0.25, 0.3) is 16.9 Å². The molecule has 0 radical (unpaired) electrons. The molecule has 0 amide bonds. The Morgan fingerprint density at radius 3 is 2.30 bits per heavy atom. The molecule has 2 aromatic heterocycles. The number of hydrogen-bond donors (Lipinski definition) is 0. The summed E-state index contributed by atoms with van der Waals surface area (Å²) in [5, 5.41) is 0.625. The molecule has 3 rings (SSSR count). The lowest BCUT2D eigenvalue weighted by atomic mass is 10.2. The Balaban J connectivity index is 2.39. The summed E-state index contributed by atoms with van der Waals surface area (Å²) in [7, 11) is 0. The number of rotatable bonds is 1. The maximum atomic E-state index is 12.2. The molecular formula is C15H12ClN3O. The van der Waals surface area contributed by atoms with E-state index in [-0.39, 0.29) is 5.56 Å². The molecule has 0 spiro atoms. The number of aromatic nitrogens is 3. The minimum Gasteiger partial charge on any atom is -0.269 e. The molecule has 0 atom stereocenters. The van der Waals surface area contributed by atoms with Crippen molar-refractivity contribution in [1.29, 1.82) is 0 Å². The molecule has 100 valence electrons. The molecule has 0 aliphatic carbocycles. The highest BCUT2D eigenvalue weighted by Gasteiger charge is 2.09. The van der Waals surface area contributed by atoms with Gasteiger partial charge in [-0.2, -0.15) is 0 Å². The molecule has 0 unspecified atom stereocenters. The maximum Gasteiger partial charge on any atom is 0.256 e. The topological polar surface area (TPSA) is 47.8 Å². The predicted molar refractivity (Wildman–Crippen MR) is 79.6 cm³/mol. The van der Waals surface area contributed by atoms with Crippen molar-refractivity contribution in [3.63, 3.8) is 0 Å². The van der Waals surface area contributed by atoms with Gasteiger partial charge in [-0.05, 0) is 44.2 Å². The summed E-state index contributed by atoms with van der Waals surface area (Å²) in [6.45, 7) is 3.78. The largest absolute Gasteiger partial charge is 0.269 e. The fourth-order valence-electron chi connectivity index (χ4n) is 2.05. The number of nitrogens with zero attached hydrogens (tertiary/aromatic N) is 3. The Labute approximate surface area is 120 Å². The van der Waals surface area contributed by atoms with Crippen molar-refractivity contribution in [2.45, 2.75) is 13.8 Å². The Kier molecular flexibility index (Phi) is 3.03. The molecule has 5 heteroatoms. The summed E-state index contributed by atoms with van der Waals surface area (Å²) in [5.74, 6) is 0. The van der Waals surface area contributed by atoms with Crippen molar-refractivity contribution in [3.8, 4) is 5.69 Å². The quantitative estimate of drug-likeness (QED) is 0.690. The highest BCUT2D eigenvalue weighted by atomic mass is 35.5. The van der Waals surface area contributed by atoms with Crippen molar-refractivity contribution in [2.75, 3.05) is 0 Å². The first-order valence-electron chi connectivity index (χ1n) is 6.19. The maximum absolute atomic E-state index is 12.2. The van der Waals surface area contributed by atoms with Crippen LogP contribution in [0.3, 0.4) is 0 Å². The van der Waals surface area contributed by atoms with Crippen LogP contribution in [-0.4, -0.2) is 14.5 Å². The Morgan fingerprint density at radius 2 is 1.60 bits per heavy atom. The van der Waals surface area contributed by atoms with Crippen molar-refractivity contribution in [2.24, 2.45) is 0 Å². The predicted octanol–water partition coefficient (Wildman–Crippen LogP) is 3.05. The van der Waals surface area contributed by atoms with Crippen molar-refractivity contribution in [3.05, 3.63) is 63.2 Å². The van der Waals surface area contributed by atoms with E-state index in [0.29, 0.717) is 16.2 Å². The fourth-order valence-corrected chi connectivity index (χ4v) is 2.18. The molecule has 0 aliphatic rings. The second-order valence-corrected chi connectivity index (χ2v) is 5.02. The van der Waals surface area contributed by atoms with Gasteiger partial charge in [-0.25, -0.2) is 9.97 Å². The Morgan fingerprint density at radius 1 is 0.950 bits per heavy atom. The van der Waals surface area contributed by atoms with E-state index in [2.05, 4.69) is 9.97 Å². The number of pyridine rings is 1. The zero-order valence-electron chi connectivity index (χ0n) is 11.1. The number of halogens is 1. The molecule has 20 heavy (non-hydrogen) atoms. The molecule has 0 N–H and O–H groups in total. The smallest absolute Gasteiger partial charge is 0.256 e. The van der Waals surface area contributed by atoms with E-state index < -0.39 is 0 Å². The van der Waals surface area contributed by atoms with Crippen molar-refractivity contribution in [1.82, 2.24) is 14.5 Å². The minimum absolute atomic E-state index is 0.141. The molecule has 0 saturated heterocycles. The van der Waals surface area contributed by atoms with E-state index in [1.54, 1.807) is 34.9 Å². The van der Waals surface area contributed by atoms with Gasteiger partial charge in [0.2, 0.25) is 0 Å². The normalized spacial score (nSPS) is 10.9. The zero-order valence-corrected chi connectivity index (χ0v) is 11.8. The van der Waals surface area contributed by atoms with Crippen LogP contribution in [0.5, 0.6) is 0 Å². The van der Waals surface area contributed by atoms with Crippen molar-refractivity contribution >= 4 is 22.8 Å². The van der Waals surface area contributed by atoms with Gasteiger partial charge in [-0.3, -0.25) is 9.36 Å². The molecule has 0 bridgehead atoms. The highest BCUT2D eigenvalue weighted by Crippen LogP contribution is 2.17. The molecular weight excluding hydrogens is 274 g/mol. The first-order valence-corrected chi connectivity index (χ1v) is 6.57. The van der Waals surface area contributed by atoms with Crippen LogP contribution in [0.4, 0.5) is 0 Å². The SMILES string of the molecule is Cc1nc2ccc(=O)n(-c3ccc(Cl)cc3)c2nc1C. The molecule has 2 heterocycles. The number of fused-ring (bicyclic) bond motifs is 1. The number of hydrogen-bond acceptors (Lipinski definition) is 3. The summed E-state index contributed by atoms with van der Waals surface area (Å²) in [6, 6.07) is 10.3. The van der Waals surface area contributed by atoms with Crippen LogP contribution in [0.15, 0.2) is 41.2 Å². The van der Waals surface area contributed by atoms with Gasteiger partial charge in [-0.15, -0.1) is 0 Å². The molecule has 4 nitrogen and oxygen atoms in total. The van der Waals surface area contributed by atoms with Crippen LogP contribution < -0.4 is 5.56 Å². The number of aryl methyl sites for hydroxylation is 2. The summed E-state index contributed by atoms with van der Waals surface area (Å²) >= 11 is 5.89. The summed E-state index contributed by atoms with van der Waals surface area (Å²) in [6.07, 6.45) is 0. The first kappa shape index (κ1) is 12.8. The zero-order chi connectivity index (χ0) is 14.3. The highest BCUT2D eigenvalue weighted by molar-refractivity contribution is 6.30. The molecule has 0 fully saturated rings. The lowest BCUT2D eigenvalue weighted by molar-refractivity contribution is 0.979. The van der Waals surface area contributed by atoms with Crippen LogP contribution in [0.2, 0.25) is 5.02 Å². The third-order valence-corrected chi connectivity index (χ3v) is 3.47. The fraction of sp³-hybridized carbons (Fsp3) is 0.133. The summed E-state index contributed by atoms with van der Waals surface area (Å²) in [4.78, 5) is 21.2. The average Bonchev–Trinajstić information content (AvgIpc) is 2.42. The van der Waals surface area contributed by atoms with Gasteiger partial charge in [0, 0.05) is 11.1 Å². The van der Waals surface area contributed by atoms with Crippen LogP contribution in [0.1, 0.15) is 11.4 Å². The van der Waals surface area contributed by atoms with Gasteiger partial charge in [-0.1, -0.05) is 11.6 Å². The average molecular weight is 286 g/mol. The summed E-state index contributed by atoms with van der Waals surface area (Å²) in [5.41, 5.74) is 3.51. The van der Waals surface area contributed by atoms with Gasteiger partial charge >= 0.3 is 0 Å². The van der Waals surface area contributed by atoms with E-state index in [4.69, 9.17) is 11.6 Å². The molecule has 1 aromatic carbocycles. The lowest BCUT2D eigenvalue weighted by Crippen LogP contribution is -2.19. The molecule has 0 saturated carbocycles. The van der Waals surface area contributed by atoms with Crippen LogP contribution in [-0.2, 0) is 0 Å². The second kappa shape index (κ2) is 4.72. The van der Waals surface area contributed by atoms with Crippen LogP contribution >= 0.6 is 11.6 Å². The molecule has 3 aromatic rings. The Bertz CT molecular complexity index is 853.